The monoisotopic (exact) mass is 413 g/mol. The second kappa shape index (κ2) is 10.8. The van der Waals surface area contributed by atoms with Gasteiger partial charge < -0.3 is 14.7 Å². The average molecular weight is 414 g/mol. The van der Waals surface area contributed by atoms with E-state index in [1.54, 1.807) is 0 Å². The Kier molecular flexibility index (Phi) is 8.08. The van der Waals surface area contributed by atoms with Crippen LogP contribution in [0.3, 0.4) is 0 Å². The standard InChI is InChI=1S/C25H35NO4/c1-2-30-24(29)12-8-3-4-9-19-26-21(14-16-23(26)28)13-15-22(27)25(17-18-25)20-10-6-5-7-11-20/h5-7,10-11,13,15,21-22,27H,2-4,8-9,12,14,16-19H2,1H3/b15-13+. The van der Waals surface area contributed by atoms with Crippen LogP contribution in [0.1, 0.15) is 70.3 Å². The van der Waals surface area contributed by atoms with Crippen molar-refractivity contribution in [2.75, 3.05) is 13.2 Å². The van der Waals surface area contributed by atoms with E-state index in [-0.39, 0.29) is 23.3 Å². The fourth-order valence-electron chi connectivity index (χ4n) is 4.46. The molecule has 0 bridgehead atoms. The number of carbonyl (C=O) groups is 2. The molecule has 2 fully saturated rings. The molecule has 0 spiro atoms. The summed E-state index contributed by atoms with van der Waals surface area (Å²) in [5, 5.41) is 10.8. The second-order valence-corrected chi connectivity index (χ2v) is 8.51. The van der Waals surface area contributed by atoms with Crippen molar-refractivity contribution in [3.05, 3.63) is 48.0 Å². The highest BCUT2D eigenvalue weighted by Crippen LogP contribution is 2.51. The average Bonchev–Trinajstić information content (AvgIpc) is 3.49. The van der Waals surface area contributed by atoms with Crippen molar-refractivity contribution in [1.82, 2.24) is 4.90 Å². The minimum Gasteiger partial charge on any atom is -0.466 e. The molecule has 1 heterocycles. The number of unbranched alkanes of at least 4 members (excludes halogenated alkanes) is 3. The summed E-state index contributed by atoms with van der Waals surface area (Å²) in [5.74, 6) is 0.0785. The molecule has 1 N–H and O–H groups in total. The maximum Gasteiger partial charge on any atom is 0.305 e. The minimum absolute atomic E-state index is 0.0817. The largest absolute Gasteiger partial charge is 0.466 e. The first-order valence-corrected chi connectivity index (χ1v) is 11.4. The number of benzene rings is 1. The fraction of sp³-hybridized carbons (Fsp3) is 0.600. The smallest absolute Gasteiger partial charge is 0.305 e. The zero-order chi connectivity index (χ0) is 21.4. The zero-order valence-electron chi connectivity index (χ0n) is 18.1. The molecule has 0 aromatic heterocycles. The molecular weight excluding hydrogens is 378 g/mol. The Labute approximate surface area is 180 Å². The number of aliphatic hydroxyl groups excluding tert-OH is 1. The van der Waals surface area contributed by atoms with Gasteiger partial charge in [-0.1, -0.05) is 55.3 Å². The van der Waals surface area contributed by atoms with Gasteiger partial charge in [0.25, 0.3) is 0 Å². The molecule has 30 heavy (non-hydrogen) atoms. The summed E-state index contributed by atoms with van der Waals surface area (Å²) in [5.41, 5.74) is 1.05. The van der Waals surface area contributed by atoms with Crippen molar-refractivity contribution in [2.24, 2.45) is 0 Å². The lowest BCUT2D eigenvalue weighted by Crippen LogP contribution is -2.33. The molecule has 5 nitrogen and oxygen atoms in total. The van der Waals surface area contributed by atoms with Gasteiger partial charge in [0.05, 0.1) is 18.8 Å². The van der Waals surface area contributed by atoms with Gasteiger partial charge in [-0.25, -0.2) is 0 Å². The van der Waals surface area contributed by atoms with E-state index in [2.05, 4.69) is 12.1 Å². The molecule has 1 aromatic rings. The highest BCUT2D eigenvalue weighted by Gasteiger charge is 2.49. The molecule has 2 aliphatic rings. The summed E-state index contributed by atoms with van der Waals surface area (Å²) in [4.78, 5) is 25.6. The number of ether oxygens (including phenoxy) is 1. The van der Waals surface area contributed by atoms with E-state index in [1.807, 2.05) is 42.2 Å². The molecular formula is C25H35NO4. The number of likely N-dealkylation sites (tertiary alicyclic amines) is 1. The third kappa shape index (κ3) is 5.72. The molecule has 1 saturated carbocycles. The Hall–Kier alpha value is -2.14. The van der Waals surface area contributed by atoms with Gasteiger partial charge in [0.15, 0.2) is 0 Å². The number of esters is 1. The maximum absolute atomic E-state index is 12.3. The number of hydrogen-bond donors (Lipinski definition) is 1. The van der Waals surface area contributed by atoms with E-state index in [9.17, 15) is 14.7 Å². The Morgan fingerprint density at radius 1 is 1.23 bits per heavy atom. The Balaban J connectivity index is 1.44. The Morgan fingerprint density at radius 3 is 2.67 bits per heavy atom. The third-order valence-corrected chi connectivity index (χ3v) is 6.43. The van der Waals surface area contributed by atoms with Crippen LogP contribution in [0.4, 0.5) is 0 Å². The summed E-state index contributed by atoms with van der Waals surface area (Å²) in [6.45, 7) is 3.00. The summed E-state index contributed by atoms with van der Waals surface area (Å²) < 4.78 is 4.94. The van der Waals surface area contributed by atoms with E-state index in [4.69, 9.17) is 4.74 Å². The molecule has 1 aliphatic heterocycles. The van der Waals surface area contributed by atoms with E-state index in [1.165, 1.54) is 5.56 Å². The topological polar surface area (TPSA) is 66.8 Å². The molecule has 0 radical (unpaired) electrons. The molecule has 1 aromatic carbocycles. The molecule has 2 atom stereocenters. The van der Waals surface area contributed by atoms with Crippen LogP contribution in [-0.4, -0.2) is 47.2 Å². The maximum atomic E-state index is 12.3. The van der Waals surface area contributed by atoms with Gasteiger partial charge in [0.2, 0.25) is 5.91 Å². The third-order valence-electron chi connectivity index (χ3n) is 6.43. The molecule has 1 saturated heterocycles. The summed E-state index contributed by atoms with van der Waals surface area (Å²) in [6, 6.07) is 10.3. The van der Waals surface area contributed by atoms with Crippen LogP contribution in [0, 0.1) is 0 Å². The second-order valence-electron chi connectivity index (χ2n) is 8.51. The predicted octanol–water partition coefficient (Wildman–Crippen LogP) is 4.14. The quantitative estimate of drug-likeness (QED) is 0.318. The van der Waals surface area contributed by atoms with E-state index < -0.39 is 6.10 Å². The number of hydrogen-bond acceptors (Lipinski definition) is 4. The Morgan fingerprint density at radius 2 is 1.97 bits per heavy atom. The van der Waals surface area contributed by atoms with Crippen LogP contribution in [0.25, 0.3) is 0 Å². The van der Waals surface area contributed by atoms with Crippen molar-refractivity contribution in [2.45, 2.75) is 82.3 Å². The molecule has 1 amide bonds. The van der Waals surface area contributed by atoms with Crippen LogP contribution in [0.15, 0.2) is 42.5 Å². The number of carbonyl (C=O) groups excluding carboxylic acids is 2. The van der Waals surface area contributed by atoms with E-state index in [0.717, 1.165) is 51.5 Å². The lowest BCUT2D eigenvalue weighted by Gasteiger charge is -2.24. The van der Waals surface area contributed by atoms with Crippen LogP contribution in [-0.2, 0) is 19.7 Å². The van der Waals surface area contributed by atoms with Gasteiger partial charge in [0, 0.05) is 24.8 Å². The van der Waals surface area contributed by atoms with Gasteiger partial charge in [0.1, 0.15) is 0 Å². The number of nitrogens with zero attached hydrogens (tertiary/aromatic N) is 1. The molecule has 2 unspecified atom stereocenters. The Bertz CT molecular complexity index is 726. The van der Waals surface area contributed by atoms with Crippen LogP contribution in [0.5, 0.6) is 0 Å². The van der Waals surface area contributed by atoms with Crippen molar-refractivity contribution in [1.29, 1.82) is 0 Å². The molecule has 3 rings (SSSR count). The molecule has 1 aliphatic carbocycles. The number of rotatable bonds is 12. The van der Waals surface area contributed by atoms with Crippen molar-refractivity contribution in [3.8, 4) is 0 Å². The minimum atomic E-state index is -0.514. The van der Waals surface area contributed by atoms with E-state index >= 15 is 0 Å². The summed E-state index contributed by atoms with van der Waals surface area (Å²) >= 11 is 0. The zero-order valence-corrected chi connectivity index (χ0v) is 18.1. The summed E-state index contributed by atoms with van der Waals surface area (Å²) in [6.07, 6.45) is 11.1. The lowest BCUT2D eigenvalue weighted by atomic mass is 9.89. The van der Waals surface area contributed by atoms with Gasteiger partial charge in [-0.2, -0.15) is 0 Å². The molecule has 164 valence electrons. The van der Waals surface area contributed by atoms with E-state index in [0.29, 0.717) is 19.4 Å². The van der Waals surface area contributed by atoms with Crippen LogP contribution in [0.2, 0.25) is 0 Å². The normalized spacial score (nSPS) is 21.2. The number of aliphatic hydroxyl groups is 1. The first-order chi connectivity index (χ1) is 14.6. The van der Waals surface area contributed by atoms with Gasteiger partial charge >= 0.3 is 5.97 Å². The SMILES string of the molecule is CCOC(=O)CCCCCCN1C(=O)CCC1/C=C/C(O)C1(c2ccccc2)CC1. The van der Waals surface area contributed by atoms with Crippen molar-refractivity contribution < 1.29 is 19.4 Å². The fourth-order valence-corrected chi connectivity index (χ4v) is 4.46. The highest BCUT2D eigenvalue weighted by atomic mass is 16.5. The predicted molar refractivity (Wildman–Crippen MR) is 117 cm³/mol. The summed E-state index contributed by atoms with van der Waals surface area (Å²) in [7, 11) is 0. The van der Waals surface area contributed by atoms with Crippen LogP contribution < -0.4 is 0 Å². The van der Waals surface area contributed by atoms with Gasteiger partial charge in [-0.05, 0) is 44.6 Å². The first kappa shape index (κ1) is 22.5. The first-order valence-electron chi connectivity index (χ1n) is 11.4. The van der Waals surface area contributed by atoms with Crippen LogP contribution >= 0.6 is 0 Å². The number of amides is 1. The lowest BCUT2D eigenvalue weighted by molar-refractivity contribution is -0.143. The van der Waals surface area contributed by atoms with Gasteiger partial charge in [-0.3, -0.25) is 9.59 Å². The van der Waals surface area contributed by atoms with Crippen molar-refractivity contribution in [3.63, 3.8) is 0 Å². The molecule has 5 heteroatoms. The van der Waals surface area contributed by atoms with Gasteiger partial charge in [-0.15, -0.1) is 0 Å². The van der Waals surface area contributed by atoms with Crippen molar-refractivity contribution >= 4 is 11.9 Å². The highest BCUT2D eigenvalue weighted by molar-refractivity contribution is 5.79.